The van der Waals surface area contributed by atoms with E-state index in [4.69, 9.17) is 0 Å². The SMILES string of the molecule is CC1CCCC(Nc2nc3ccccc3cc2C#N)C1C. The standard InChI is InChI=1S/C18H21N3/c1-12-6-5-9-16(13(12)2)20-18-15(11-19)10-14-7-3-4-8-17(14)21-18/h3-4,7-8,10,12-13,16H,5-6,9H2,1-2H3,(H,20,21). The molecule has 3 heteroatoms. The second kappa shape index (κ2) is 5.73. The predicted molar refractivity (Wildman–Crippen MR) is 86.0 cm³/mol. The molecule has 3 nitrogen and oxygen atoms in total. The third-order valence-electron chi connectivity index (χ3n) is 4.87. The Balaban J connectivity index is 1.94. The number of fused-ring (bicyclic) bond motifs is 1. The Bertz CT molecular complexity index is 686. The Morgan fingerprint density at radius 3 is 2.86 bits per heavy atom. The van der Waals surface area contributed by atoms with Crippen LogP contribution in [0.5, 0.6) is 0 Å². The molecule has 0 amide bonds. The van der Waals surface area contributed by atoms with E-state index in [0.29, 0.717) is 17.5 Å². The molecule has 0 radical (unpaired) electrons. The number of pyridine rings is 1. The van der Waals surface area contributed by atoms with Crippen molar-refractivity contribution in [3.05, 3.63) is 35.9 Å². The number of hydrogen-bond donors (Lipinski definition) is 1. The van der Waals surface area contributed by atoms with Gasteiger partial charge in [0.2, 0.25) is 0 Å². The Labute approximate surface area is 126 Å². The van der Waals surface area contributed by atoms with E-state index < -0.39 is 0 Å². The van der Waals surface area contributed by atoms with Crippen LogP contribution in [-0.4, -0.2) is 11.0 Å². The van der Waals surface area contributed by atoms with Gasteiger partial charge in [-0.3, -0.25) is 0 Å². The van der Waals surface area contributed by atoms with E-state index in [2.05, 4.69) is 30.2 Å². The molecule has 1 saturated carbocycles. The molecular formula is C18H21N3. The molecule has 0 bridgehead atoms. The summed E-state index contributed by atoms with van der Waals surface area (Å²) >= 11 is 0. The van der Waals surface area contributed by atoms with Crippen molar-refractivity contribution in [2.45, 2.75) is 39.2 Å². The molecule has 2 aromatic rings. The Morgan fingerprint density at radius 2 is 2.05 bits per heavy atom. The zero-order valence-electron chi connectivity index (χ0n) is 12.6. The molecule has 21 heavy (non-hydrogen) atoms. The summed E-state index contributed by atoms with van der Waals surface area (Å²) in [6, 6.07) is 12.6. The van der Waals surface area contributed by atoms with E-state index in [1.165, 1.54) is 12.8 Å². The van der Waals surface area contributed by atoms with E-state index >= 15 is 0 Å². The number of rotatable bonds is 2. The van der Waals surface area contributed by atoms with Crippen LogP contribution >= 0.6 is 0 Å². The lowest BCUT2D eigenvalue weighted by molar-refractivity contribution is 0.253. The molecule has 3 unspecified atom stereocenters. The van der Waals surface area contributed by atoms with Crippen LogP contribution in [0, 0.1) is 23.2 Å². The quantitative estimate of drug-likeness (QED) is 0.889. The third-order valence-corrected chi connectivity index (χ3v) is 4.87. The van der Waals surface area contributed by atoms with Crippen molar-refractivity contribution in [1.82, 2.24) is 4.98 Å². The lowest BCUT2D eigenvalue weighted by Gasteiger charge is -2.35. The highest BCUT2D eigenvalue weighted by molar-refractivity contribution is 5.82. The van der Waals surface area contributed by atoms with Crippen LogP contribution in [0.25, 0.3) is 10.9 Å². The molecule has 1 aromatic carbocycles. The van der Waals surface area contributed by atoms with E-state index in [0.717, 1.165) is 29.1 Å². The Morgan fingerprint density at radius 1 is 1.24 bits per heavy atom. The van der Waals surface area contributed by atoms with Gasteiger partial charge in [0.25, 0.3) is 0 Å². The maximum absolute atomic E-state index is 9.40. The maximum Gasteiger partial charge on any atom is 0.144 e. The first-order chi connectivity index (χ1) is 10.2. The van der Waals surface area contributed by atoms with Gasteiger partial charge in [-0.1, -0.05) is 44.9 Å². The first-order valence-corrected chi connectivity index (χ1v) is 7.75. The number of nitrogens with one attached hydrogen (secondary N) is 1. The number of hydrogen-bond acceptors (Lipinski definition) is 3. The van der Waals surface area contributed by atoms with Crippen molar-refractivity contribution in [2.75, 3.05) is 5.32 Å². The van der Waals surface area contributed by atoms with Crippen LogP contribution < -0.4 is 5.32 Å². The van der Waals surface area contributed by atoms with Crippen molar-refractivity contribution in [2.24, 2.45) is 11.8 Å². The number of nitrogens with zero attached hydrogens (tertiary/aromatic N) is 2. The summed E-state index contributed by atoms with van der Waals surface area (Å²) in [6.45, 7) is 4.62. The number of benzene rings is 1. The zero-order chi connectivity index (χ0) is 14.8. The number of nitriles is 1. The van der Waals surface area contributed by atoms with E-state index in [9.17, 15) is 5.26 Å². The summed E-state index contributed by atoms with van der Waals surface area (Å²) in [5.74, 6) is 2.07. The molecule has 3 atom stereocenters. The van der Waals surface area contributed by atoms with Crippen LogP contribution in [0.2, 0.25) is 0 Å². The van der Waals surface area contributed by atoms with Gasteiger partial charge in [0.15, 0.2) is 0 Å². The fraction of sp³-hybridized carbons (Fsp3) is 0.444. The predicted octanol–water partition coefficient (Wildman–Crippen LogP) is 4.34. The van der Waals surface area contributed by atoms with Crippen LogP contribution in [0.4, 0.5) is 5.82 Å². The summed E-state index contributed by atoms with van der Waals surface area (Å²) in [5.41, 5.74) is 1.58. The lowest BCUT2D eigenvalue weighted by Crippen LogP contribution is -2.35. The van der Waals surface area contributed by atoms with Gasteiger partial charge in [-0.2, -0.15) is 5.26 Å². The molecule has 0 aliphatic heterocycles. The van der Waals surface area contributed by atoms with Crippen molar-refractivity contribution in [3.8, 4) is 6.07 Å². The van der Waals surface area contributed by atoms with Crippen molar-refractivity contribution in [1.29, 1.82) is 5.26 Å². The molecule has 0 spiro atoms. The normalized spacial score (nSPS) is 25.5. The van der Waals surface area contributed by atoms with Crippen molar-refractivity contribution < 1.29 is 0 Å². The van der Waals surface area contributed by atoms with Crippen LogP contribution in [-0.2, 0) is 0 Å². The van der Waals surface area contributed by atoms with Crippen LogP contribution in [0.15, 0.2) is 30.3 Å². The molecule has 0 saturated heterocycles. The number of anilines is 1. The fourth-order valence-electron chi connectivity index (χ4n) is 3.27. The molecule has 1 aromatic heterocycles. The van der Waals surface area contributed by atoms with Gasteiger partial charge in [-0.25, -0.2) is 4.98 Å². The van der Waals surface area contributed by atoms with Crippen molar-refractivity contribution in [3.63, 3.8) is 0 Å². The minimum absolute atomic E-state index is 0.412. The van der Waals surface area contributed by atoms with Crippen molar-refractivity contribution >= 4 is 16.7 Å². The Kier molecular flexibility index (Phi) is 3.79. The second-order valence-corrected chi connectivity index (χ2v) is 6.21. The highest BCUT2D eigenvalue weighted by atomic mass is 15.0. The van der Waals surface area contributed by atoms with E-state index in [1.54, 1.807) is 0 Å². The average Bonchev–Trinajstić information content (AvgIpc) is 2.51. The molecule has 1 N–H and O–H groups in total. The summed E-state index contributed by atoms with van der Waals surface area (Å²) in [6.07, 6.45) is 3.71. The third kappa shape index (κ3) is 2.71. The smallest absolute Gasteiger partial charge is 0.144 e. The lowest BCUT2D eigenvalue weighted by atomic mass is 9.78. The molecule has 1 fully saturated rings. The Hall–Kier alpha value is -2.08. The summed E-state index contributed by atoms with van der Waals surface area (Å²) in [4.78, 5) is 4.67. The highest BCUT2D eigenvalue weighted by Gasteiger charge is 2.27. The minimum Gasteiger partial charge on any atom is -0.366 e. The number of aromatic nitrogens is 1. The molecular weight excluding hydrogens is 258 g/mol. The van der Waals surface area contributed by atoms with Crippen LogP contribution in [0.3, 0.4) is 0 Å². The van der Waals surface area contributed by atoms with Gasteiger partial charge in [0, 0.05) is 11.4 Å². The van der Waals surface area contributed by atoms with Gasteiger partial charge >= 0.3 is 0 Å². The molecule has 108 valence electrons. The van der Waals surface area contributed by atoms with E-state index in [-0.39, 0.29) is 0 Å². The molecule has 3 rings (SSSR count). The largest absolute Gasteiger partial charge is 0.366 e. The van der Waals surface area contributed by atoms with Gasteiger partial charge in [0.1, 0.15) is 11.9 Å². The van der Waals surface area contributed by atoms with E-state index in [1.807, 2.05) is 30.3 Å². The first kappa shape index (κ1) is 13.9. The van der Waals surface area contributed by atoms with Gasteiger partial charge < -0.3 is 5.32 Å². The highest BCUT2D eigenvalue weighted by Crippen LogP contribution is 2.32. The summed E-state index contributed by atoms with van der Waals surface area (Å²) in [5, 5.41) is 14.0. The number of para-hydroxylation sites is 1. The molecule has 1 aliphatic carbocycles. The molecule has 1 heterocycles. The fourth-order valence-corrected chi connectivity index (χ4v) is 3.27. The average molecular weight is 279 g/mol. The zero-order valence-corrected chi connectivity index (χ0v) is 12.6. The maximum atomic E-state index is 9.40. The first-order valence-electron chi connectivity index (χ1n) is 7.75. The monoisotopic (exact) mass is 279 g/mol. The van der Waals surface area contributed by atoms with Gasteiger partial charge in [-0.15, -0.1) is 0 Å². The molecule has 1 aliphatic rings. The minimum atomic E-state index is 0.412. The second-order valence-electron chi connectivity index (χ2n) is 6.21. The van der Waals surface area contributed by atoms with Gasteiger partial charge in [0.05, 0.1) is 11.1 Å². The van der Waals surface area contributed by atoms with Crippen LogP contribution in [0.1, 0.15) is 38.7 Å². The summed E-state index contributed by atoms with van der Waals surface area (Å²) in [7, 11) is 0. The topological polar surface area (TPSA) is 48.7 Å². The summed E-state index contributed by atoms with van der Waals surface area (Å²) < 4.78 is 0. The van der Waals surface area contributed by atoms with Gasteiger partial charge in [-0.05, 0) is 30.4 Å².